The minimum Gasteiger partial charge on any atom is -0.459 e. The van der Waals surface area contributed by atoms with Crippen molar-refractivity contribution in [2.24, 2.45) is 0 Å². The molecule has 0 spiro atoms. The van der Waals surface area contributed by atoms with Crippen LogP contribution >= 0.6 is 0 Å². The topological polar surface area (TPSA) is 48.1 Å². The van der Waals surface area contributed by atoms with Gasteiger partial charge in [0.1, 0.15) is 12.7 Å². The number of rotatable bonds is 5. The number of ether oxygens (including phenoxy) is 3. The molecule has 0 aromatic heterocycles. The second-order valence-corrected chi connectivity index (χ2v) is 4.40. The predicted octanol–water partition coefficient (Wildman–Crippen LogP) is 1.44. The van der Waals surface area contributed by atoms with Gasteiger partial charge < -0.3 is 14.2 Å². The lowest BCUT2D eigenvalue weighted by Crippen LogP contribution is -2.41. The number of carbonyl (C=O) groups excluding carboxylic acids is 1. The summed E-state index contributed by atoms with van der Waals surface area (Å²) in [5.41, 5.74) is 0.404. The molecule has 4 heteroatoms. The van der Waals surface area contributed by atoms with Gasteiger partial charge in [-0.25, -0.2) is 4.79 Å². The Morgan fingerprint density at radius 2 is 2.31 bits per heavy atom. The van der Waals surface area contributed by atoms with Crippen molar-refractivity contribution in [2.75, 3.05) is 19.8 Å². The van der Waals surface area contributed by atoms with E-state index in [9.17, 15) is 4.79 Å². The van der Waals surface area contributed by atoms with Gasteiger partial charge in [-0.15, -0.1) is 0 Å². The SMILES string of the molecule is CCC1(C=C(C)C(=O)OCC2CO2)CCO1. The zero-order chi connectivity index (χ0) is 11.6. The van der Waals surface area contributed by atoms with Crippen LogP contribution in [-0.4, -0.2) is 37.5 Å². The molecule has 2 atom stereocenters. The van der Waals surface area contributed by atoms with Crippen molar-refractivity contribution in [2.45, 2.75) is 38.4 Å². The largest absolute Gasteiger partial charge is 0.459 e. The molecule has 0 radical (unpaired) electrons. The van der Waals surface area contributed by atoms with Crippen molar-refractivity contribution in [3.63, 3.8) is 0 Å². The van der Waals surface area contributed by atoms with Gasteiger partial charge in [0.25, 0.3) is 0 Å². The molecule has 0 amide bonds. The highest BCUT2D eigenvalue weighted by molar-refractivity contribution is 5.88. The zero-order valence-electron chi connectivity index (χ0n) is 9.82. The number of carbonyl (C=O) groups is 1. The molecule has 2 unspecified atom stereocenters. The average molecular weight is 226 g/mol. The van der Waals surface area contributed by atoms with Crippen molar-refractivity contribution >= 4 is 5.97 Å². The van der Waals surface area contributed by atoms with Gasteiger partial charge in [-0.3, -0.25) is 0 Å². The molecule has 0 saturated carbocycles. The van der Waals surface area contributed by atoms with E-state index in [-0.39, 0.29) is 17.7 Å². The van der Waals surface area contributed by atoms with E-state index in [1.54, 1.807) is 6.92 Å². The molecule has 2 aliphatic heterocycles. The van der Waals surface area contributed by atoms with Gasteiger partial charge in [-0.05, 0) is 19.4 Å². The molecule has 0 aromatic rings. The predicted molar refractivity (Wildman–Crippen MR) is 58.0 cm³/mol. The van der Waals surface area contributed by atoms with Crippen molar-refractivity contribution in [3.05, 3.63) is 11.6 Å². The first-order valence-electron chi connectivity index (χ1n) is 5.77. The second-order valence-electron chi connectivity index (χ2n) is 4.40. The number of esters is 1. The summed E-state index contributed by atoms with van der Waals surface area (Å²) in [6.45, 7) is 5.69. The molecule has 2 rings (SSSR count). The zero-order valence-corrected chi connectivity index (χ0v) is 9.82. The monoisotopic (exact) mass is 226 g/mol. The van der Waals surface area contributed by atoms with Crippen LogP contribution in [0.25, 0.3) is 0 Å². The maximum Gasteiger partial charge on any atom is 0.333 e. The fourth-order valence-electron chi connectivity index (χ4n) is 1.76. The van der Waals surface area contributed by atoms with Crippen LogP contribution in [0.3, 0.4) is 0 Å². The third-order valence-corrected chi connectivity index (χ3v) is 3.12. The van der Waals surface area contributed by atoms with Crippen molar-refractivity contribution in [1.29, 1.82) is 0 Å². The highest BCUT2D eigenvalue weighted by atomic mass is 16.6. The molecule has 2 heterocycles. The van der Waals surface area contributed by atoms with Gasteiger partial charge in [-0.2, -0.15) is 0 Å². The Morgan fingerprint density at radius 3 is 2.75 bits per heavy atom. The van der Waals surface area contributed by atoms with Crippen LogP contribution in [0.2, 0.25) is 0 Å². The van der Waals surface area contributed by atoms with Crippen molar-refractivity contribution < 1.29 is 19.0 Å². The third kappa shape index (κ3) is 2.62. The van der Waals surface area contributed by atoms with E-state index >= 15 is 0 Å². The summed E-state index contributed by atoms with van der Waals surface area (Å²) in [5, 5.41) is 0. The molecule has 0 aliphatic carbocycles. The quantitative estimate of drug-likeness (QED) is 0.404. The number of epoxide rings is 1. The van der Waals surface area contributed by atoms with E-state index in [4.69, 9.17) is 14.2 Å². The normalized spacial score (nSPS) is 33.1. The lowest BCUT2D eigenvalue weighted by Gasteiger charge is -2.39. The Labute approximate surface area is 95.6 Å². The Hall–Kier alpha value is -0.870. The van der Waals surface area contributed by atoms with Crippen LogP contribution in [0.4, 0.5) is 0 Å². The van der Waals surface area contributed by atoms with Crippen LogP contribution in [-0.2, 0) is 19.0 Å². The van der Waals surface area contributed by atoms with E-state index in [1.807, 2.05) is 6.08 Å². The Balaban J connectivity index is 1.86. The van der Waals surface area contributed by atoms with Gasteiger partial charge in [0.2, 0.25) is 0 Å². The molecular weight excluding hydrogens is 208 g/mol. The Bertz CT molecular complexity index is 295. The molecule has 0 N–H and O–H groups in total. The van der Waals surface area contributed by atoms with Crippen LogP contribution in [0.5, 0.6) is 0 Å². The van der Waals surface area contributed by atoms with E-state index in [2.05, 4.69) is 6.92 Å². The summed E-state index contributed by atoms with van der Waals surface area (Å²) in [7, 11) is 0. The summed E-state index contributed by atoms with van der Waals surface area (Å²) in [6, 6.07) is 0. The molecule has 0 bridgehead atoms. The molecule has 4 nitrogen and oxygen atoms in total. The van der Waals surface area contributed by atoms with Gasteiger partial charge in [0, 0.05) is 12.0 Å². The maximum absolute atomic E-state index is 11.6. The highest BCUT2D eigenvalue weighted by Gasteiger charge is 2.35. The Kier molecular flexibility index (Phi) is 3.30. The minimum atomic E-state index is -0.265. The first-order valence-corrected chi connectivity index (χ1v) is 5.77. The highest BCUT2D eigenvalue weighted by Crippen LogP contribution is 2.32. The van der Waals surface area contributed by atoms with E-state index in [0.29, 0.717) is 18.8 Å². The number of hydrogen-bond acceptors (Lipinski definition) is 4. The fourth-order valence-corrected chi connectivity index (χ4v) is 1.76. The second kappa shape index (κ2) is 4.55. The molecular formula is C12H18O4. The summed E-state index contributed by atoms with van der Waals surface area (Å²) in [5.74, 6) is -0.265. The van der Waals surface area contributed by atoms with Gasteiger partial charge in [-0.1, -0.05) is 6.92 Å². The molecule has 0 aromatic carbocycles. The number of hydrogen-bond donors (Lipinski definition) is 0. The van der Waals surface area contributed by atoms with Crippen LogP contribution < -0.4 is 0 Å². The molecule has 2 saturated heterocycles. The molecule has 2 fully saturated rings. The van der Waals surface area contributed by atoms with Gasteiger partial charge >= 0.3 is 5.97 Å². The van der Waals surface area contributed by atoms with Crippen LogP contribution in [0.15, 0.2) is 11.6 Å². The third-order valence-electron chi connectivity index (χ3n) is 3.12. The smallest absolute Gasteiger partial charge is 0.333 e. The summed E-state index contributed by atoms with van der Waals surface area (Å²) < 4.78 is 15.6. The summed E-state index contributed by atoms with van der Waals surface area (Å²) >= 11 is 0. The summed E-state index contributed by atoms with van der Waals surface area (Å²) in [6.07, 6.45) is 3.90. The first-order chi connectivity index (χ1) is 7.65. The maximum atomic E-state index is 11.6. The lowest BCUT2D eigenvalue weighted by atomic mass is 9.89. The van der Waals surface area contributed by atoms with Crippen LogP contribution in [0, 0.1) is 0 Å². The molecule has 16 heavy (non-hydrogen) atoms. The van der Waals surface area contributed by atoms with E-state index in [0.717, 1.165) is 19.4 Å². The van der Waals surface area contributed by atoms with Gasteiger partial charge in [0.15, 0.2) is 0 Å². The average Bonchev–Trinajstić information content (AvgIpc) is 3.03. The lowest BCUT2D eigenvalue weighted by molar-refractivity contribution is -0.140. The molecule has 2 aliphatic rings. The minimum absolute atomic E-state index is 0.122. The van der Waals surface area contributed by atoms with Crippen LogP contribution in [0.1, 0.15) is 26.7 Å². The first kappa shape index (κ1) is 11.6. The fraction of sp³-hybridized carbons (Fsp3) is 0.750. The van der Waals surface area contributed by atoms with Crippen molar-refractivity contribution in [1.82, 2.24) is 0 Å². The van der Waals surface area contributed by atoms with Gasteiger partial charge in [0.05, 0.1) is 18.8 Å². The standard InChI is InChI=1S/C12H18O4/c1-3-12(4-5-16-12)6-9(2)11(13)15-8-10-7-14-10/h6,10H,3-5,7-8H2,1-2H3. The Morgan fingerprint density at radius 1 is 1.62 bits per heavy atom. The summed E-state index contributed by atoms with van der Waals surface area (Å²) in [4.78, 5) is 11.6. The van der Waals surface area contributed by atoms with E-state index < -0.39 is 0 Å². The van der Waals surface area contributed by atoms with E-state index in [1.165, 1.54) is 0 Å². The molecule has 90 valence electrons. The van der Waals surface area contributed by atoms with Crippen molar-refractivity contribution in [3.8, 4) is 0 Å².